The van der Waals surface area contributed by atoms with Crippen molar-refractivity contribution in [1.29, 1.82) is 5.41 Å². The molecule has 31 heavy (non-hydrogen) atoms. The summed E-state index contributed by atoms with van der Waals surface area (Å²) in [5, 5.41) is 7.66. The maximum absolute atomic E-state index is 12.7. The van der Waals surface area contributed by atoms with Crippen LogP contribution in [0.5, 0.6) is 0 Å². The fraction of sp³-hybridized carbons (Fsp3) is 0.120. The van der Waals surface area contributed by atoms with Gasteiger partial charge in [-0.3, -0.25) is 20.0 Å². The summed E-state index contributed by atoms with van der Waals surface area (Å²) in [5.41, 5.74) is 9.01. The van der Waals surface area contributed by atoms with E-state index in [2.05, 4.69) is 16.8 Å². The van der Waals surface area contributed by atoms with Crippen molar-refractivity contribution in [2.45, 2.75) is 19.8 Å². The Morgan fingerprint density at radius 2 is 1.81 bits per heavy atom. The highest BCUT2D eigenvalue weighted by molar-refractivity contribution is 6.34. The van der Waals surface area contributed by atoms with E-state index in [1.165, 1.54) is 0 Å². The molecule has 0 spiro atoms. The molecule has 0 saturated heterocycles. The number of pyridine rings is 1. The Morgan fingerprint density at radius 1 is 1.03 bits per heavy atom. The minimum atomic E-state index is -0.229. The molecule has 1 aromatic heterocycles. The summed E-state index contributed by atoms with van der Waals surface area (Å²) in [6.45, 7) is 1.87. The third-order valence-electron chi connectivity index (χ3n) is 4.44. The molecule has 3 aromatic rings. The van der Waals surface area contributed by atoms with E-state index in [4.69, 9.17) is 22.7 Å². The Labute approximate surface area is 185 Å². The normalized spacial score (nSPS) is 10.1. The molecule has 3 rings (SSSR count). The van der Waals surface area contributed by atoms with E-state index in [1.807, 2.05) is 19.1 Å². The highest BCUT2D eigenvalue weighted by Crippen LogP contribution is 2.20. The van der Waals surface area contributed by atoms with Gasteiger partial charge in [-0.1, -0.05) is 29.5 Å². The summed E-state index contributed by atoms with van der Waals surface area (Å²) in [6, 6.07) is 15.7. The molecule has 0 saturated carbocycles. The Hall–Kier alpha value is -3.75. The average Bonchev–Trinajstić information content (AvgIpc) is 2.73. The van der Waals surface area contributed by atoms with Gasteiger partial charge in [0.1, 0.15) is 0 Å². The van der Waals surface area contributed by atoms with Crippen LogP contribution in [0.25, 0.3) is 0 Å². The highest BCUT2D eigenvalue weighted by Gasteiger charge is 2.13. The summed E-state index contributed by atoms with van der Waals surface area (Å²) in [7, 11) is 0. The van der Waals surface area contributed by atoms with E-state index < -0.39 is 0 Å². The second kappa shape index (κ2) is 9.84. The van der Waals surface area contributed by atoms with Crippen LogP contribution in [-0.4, -0.2) is 22.4 Å². The minimum Gasteiger partial charge on any atom is -0.387 e. The first kappa shape index (κ1) is 21.9. The monoisotopic (exact) mass is 429 g/mol. The first-order valence-corrected chi connectivity index (χ1v) is 9.92. The molecule has 0 aliphatic heterocycles. The van der Waals surface area contributed by atoms with E-state index in [0.29, 0.717) is 33.0 Å². The summed E-state index contributed by atoms with van der Waals surface area (Å²) in [4.78, 5) is 29.1. The van der Waals surface area contributed by atoms with Crippen molar-refractivity contribution < 1.29 is 9.59 Å². The predicted octanol–water partition coefficient (Wildman–Crippen LogP) is 4.38. The van der Waals surface area contributed by atoms with Crippen molar-refractivity contribution in [3.8, 4) is 11.8 Å². The topological polar surface area (TPSA) is 96.9 Å². The number of amidine groups is 1. The molecule has 154 valence electrons. The standard InChI is InChI=1S/C25H20ClN3O2/c1-16-10-18(12-19(11-16)23(30)15-25(27)28)6-5-17-7-8-22(26)21(13-17)24(31)14-20-4-2-3-9-29-20/h2-4,7-13H,14-15H2,1H3,(H3,27,28). The second-order valence-electron chi connectivity index (χ2n) is 7.08. The third-order valence-corrected chi connectivity index (χ3v) is 4.77. The zero-order valence-electron chi connectivity index (χ0n) is 16.9. The zero-order chi connectivity index (χ0) is 22.4. The van der Waals surface area contributed by atoms with Crippen LogP contribution in [0, 0.1) is 24.2 Å². The Bertz CT molecular complexity index is 1220. The number of aromatic nitrogens is 1. The highest BCUT2D eigenvalue weighted by atomic mass is 35.5. The first-order valence-electron chi connectivity index (χ1n) is 9.54. The Balaban J connectivity index is 1.85. The molecule has 0 fully saturated rings. The molecular formula is C25H20ClN3O2. The Morgan fingerprint density at radius 3 is 2.52 bits per heavy atom. The number of ketones is 2. The van der Waals surface area contributed by atoms with Gasteiger partial charge in [-0.2, -0.15) is 0 Å². The van der Waals surface area contributed by atoms with Crippen LogP contribution in [-0.2, 0) is 6.42 Å². The van der Waals surface area contributed by atoms with Crippen LogP contribution in [0.1, 0.15) is 49.5 Å². The SMILES string of the molecule is Cc1cc(C#Cc2ccc(Cl)c(C(=O)Cc3ccccn3)c2)cc(C(=O)CC(=N)N)c1. The summed E-state index contributed by atoms with van der Waals surface area (Å²) in [6.07, 6.45) is 1.66. The summed E-state index contributed by atoms with van der Waals surface area (Å²) >= 11 is 6.24. The van der Waals surface area contributed by atoms with E-state index in [9.17, 15) is 9.59 Å². The van der Waals surface area contributed by atoms with Crippen molar-refractivity contribution in [2.75, 3.05) is 0 Å². The van der Waals surface area contributed by atoms with Gasteiger partial charge < -0.3 is 5.73 Å². The molecule has 1 heterocycles. The van der Waals surface area contributed by atoms with Crippen molar-refractivity contribution >= 4 is 29.0 Å². The van der Waals surface area contributed by atoms with Gasteiger partial charge in [-0.05, 0) is 61.0 Å². The van der Waals surface area contributed by atoms with Gasteiger partial charge in [0.15, 0.2) is 11.6 Å². The van der Waals surface area contributed by atoms with Crippen LogP contribution < -0.4 is 5.73 Å². The first-order chi connectivity index (χ1) is 14.8. The fourth-order valence-electron chi connectivity index (χ4n) is 3.01. The summed E-state index contributed by atoms with van der Waals surface area (Å²) in [5.74, 6) is 5.51. The number of nitrogens with one attached hydrogen (secondary N) is 1. The molecule has 0 atom stereocenters. The number of nitrogens with zero attached hydrogens (tertiary/aromatic N) is 1. The third kappa shape index (κ3) is 6.11. The quantitative estimate of drug-likeness (QED) is 0.263. The molecule has 0 radical (unpaired) electrons. The molecular weight excluding hydrogens is 410 g/mol. The largest absolute Gasteiger partial charge is 0.387 e. The molecule has 0 bridgehead atoms. The molecule has 6 heteroatoms. The smallest absolute Gasteiger partial charge is 0.170 e. The van der Waals surface area contributed by atoms with Gasteiger partial charge in [-0.25, -0.2) is 0 Å². The van der Waals surface area contributed by atoms with E-state index in [1.54, 1.807) is 48.7 Å². The maximum Gasteiger partial charge on any atom is 0.170 e. The Kier molecular flexibility index (Phi) is 6.96. The van der Waals surface area contributed by atoms with E-state index in [-0.39, 0.29) is 30.2 Å². The molecule has 2 aromatic carbocycles. The number of halogens is 1. The molecule has 5 nitrogen and oxygen atoms in total. The van der Waals surface area contributed by atoms with Gasteiger partial charge in [-0.15, -0.1) is 0 Å². The van der Waals surface area contributed by atoms with Crippen molar-refractivity contribution in [2.24, 2.45) is 5.73 Å². The number of benzene rings is 2. The second-order valence-corrected chi connectivity index (χ2v) is 7.49. The van der Waals surface area contributed by atoms with Gasteiger partial charge >= 0.3 is 0 Å². The number of carbonyl (C=O) groups excluding carboxylic acids is 2. The minimum absolute atomic E-state index is 0.130. The molecule has 0 aliphatic rings. The number of Topliss-reactive ketones (excluding diaryl/α,β-unsaturated/α-hetero) is 2. The summed E-state index contributed by atoms with van der Waals surface area (Å²) < 4.78 is 0. The van der Waals surface area contributed by atoms with E-state index >= 15 is 0 Å². The molecule has 0 aliphatic carbocycles. The average molecular weight is 430 g/mol. The van der Waals surface area contributed by atoms with Crippen LogP contribution in [0.3, 0.4) is 0 Å². The molecule has 0 amide bonds. The lowest BCUT2D eigenvalue weighted by Gasteiger charge is -2.05. The molecule has 3 N–H and O–H groups in total. The lowest BCUT2D eigenvalue weighted by molar-refractivity contribution is 0.0987. The van der Waals surface area contributed by atoms with Crippen molar-refractivity contribution in [1.82, 2.24) is 4.98 Å². The van der Waals surface area contributed by atoms with Gasteiger partial charge in [0.25, 0.3) is 0 Å². The van der Waals surface area contributed by atoms with Crippen LogP contribution in [0.15, 0.2) is 60.8 Å². The van der Waals surface area contributed by atoms with Crippen molar-refractivity contribution in [3.05, 3.63) is 99.3 Å². The number of nitrogens with two attached hydrogens (primary N) is 1. The molecule has 0 unspecified atom stereocenters. The van der Waals surface area contributed by atoms with Crippen LogP contribution in [0.4, 0.5) is 0 Å². The zero-order valence-corrected chi connectivity index (χ0v) is 17.7. The number of rotatable bonds is 6. The number of hydrogen-bond acceptors (Lipinski definition) is 4. The lowest BCUT2D eigenvalue weighted by atomic mass is 10.0. The van der Waals surface area contributed by atoms with Gasteiger partial charge in [0.2, 0.25) is 0 Å². The number of hydrogen-bond donors (Lipinski definition) is 2. The van der Waals surface area contributed by atoms with Crippen LogP contribution in [0.2, 0.25) is 5.02 Å². The van der Waals surface area contributed by atoms with Crippen LogP contribution >= 0.6 is 11.6 Å². The number of carbonyl (C=O) groups is 2. The maximum atomic E-state index is 12.7. The lowest BCUT2D eigenvalue weighted by Crippen LogP contribution is -2.15. The predicted molar refractivity (Wildman–Crippen MR) is 122 cm³/mol. The van der Waals surface area contributed by atoms with Crippen molar-refractivity contribution in [3.63, 3.8) is 0 Å². The fourth-order valence-corrected chi connectivity index (χ4v) is 3.24. The number of aryl methyl sites for hydroxylation is 1. The van der Waals surface area contributed by atoms with Gasteiger partial charge in [0, 0.05) is 34.1 Å². The van der Waals surface area contributed by atoms with Gasteiger partial charge in [0.05, 0.1) is 23.7 Å². The van der Waals surface area contributed by atoms with E-state index in [0.717, 1.165) is 5.56 Å².